The molecule has 0 rings (SSSR count). The van der Waals surface area contributed by atoms with E-state index in [1.54, 1.807) is 0 Å². The zero-order valence-corrected chi connectivity index (χ0v) is 68.7. The molecule has 0 radical (unpaired) electrons. The highest BCUT2D eigenvalue weighted by molar-refractivity contribution is 7.45. The number of unbranched alkanes of at least 4 members (excludes halogenated alkanes) is 49. The fourth-order valence-electron chi connectivity index (χ4n) is 12.7. The summed E-state index contributed by atoms with van der Waals surface area (Å²) in [4.78, 5) is 38.3. The Hall–Kier alpha value is -3.33. The van der Waals surface area contributed by atoms with Crippen molar-refractivity contribution in [3.05, 3.63) is 109 Å². The third-order valence-corrected chi connectivity index (χ3v) is 20.3. The molecule has 0 spiro atoms. The summed E-state index contributed by atoms with van der Waals surface area (Å²) in [6, 6.07) is 0. The maximum Gasteiger partial charge on any atom is 0.306 e. The Morgan fingerprint density at radius 3 is 0.784 bits per heavy atom. The number of rotatable bonds is 81. The van der Waals surface area contributed by atoms with E-state index in [9.17, 15) is 19.0 Å². The maximum absolute atomic E-state index is 12.9. The van der Waals surface area contributed by atoms with Gasteiger partial charge in [0.25, 0.3) is 7.82 Å². The van der Waals surface area contributed by atoms with E-state index in [-0.39, 0.29) is 32.0 Å². The summed E-state index contributed by atoms with van der Waals surface area (Å²) in [6.07, 6.45) is 117. The van der Waals surface area contributed by atoms with Gasteiger partial charge in [-0.05, 0) is 96.3 Å². The van der Waals surface area contributed by atoms with Crippen molar-refractivity contribution < 1.29 is 42.1 Å². The van der Waals surface area contributed by atoms with Gasteiger partial charge in [0.2, 0.25) is 0 Å². The van der Waals surface area contributed by atoms with Gasteiger partial charge in [0.15, 0.2) is 6.10 Å². The smallest absolute Gasteiger partial charge is 0.306 e. The normalized spacial score (nSPS) is 13.5. The summed E-state index contributed by atoms with van der Waals surface area (Å²) in [5.41, 5.74) is 0. The van der Waals surface area contributed by atoms with Gasteiger partial charge in [0, 0.05) is 12.8 Å². The number of esters is 2. The molecular formula is C92H166NO8P. The van der Waals surface area contributed by atoms with E-state index in [1.165, 1.54) is 289 Å². The zero-order chi connectivity index (χ0) is 74.0. The lowest BCUT2D eigenvalue weighted by Crippen LogP contribution is -2.37. The molecule has 0 aliphatic carbocycles. The van der Waals surface area contributed by atoms with Crippen molar-refractivity contribution in [2.24, 2.45) is 0 Å². The molecule has 0 bridgehead atoms. The number of ether oxygens (including phenoxy) is 2. The van der Waals surface area contributed by atoms with Crippen molar-refractivity contribution in [2.45, 2.75) is 418 Å². The summed E-state index contributed by atoms with van der Waals surface area (Å²) < 4.78 is 34.5. The second kappa shape index (κ2) is 81.7. The Labute approximate surface area is 633 Å². The molecule has 592 valence electrons. The van der Waals surface area contributed by atoms with Gasteiger partial charge >= 0.3 is 11.9 Å². The number of carbonyl (C=O) groups is 2. The van der Waals surface area contributed by atoms with E-state index in [0.717, 1.165) is 89.9 Å². The molecule has 2 atom stereocenters. The number of hydrogen-bond donors (Lipinski definition) is 0. The lowest BCUT2D eigenvalue weighted by atomic mass is 10.0. The van der Waals surface area contributed by atoms with Gasteiger partial charge in [-0.2, -0.15) is 0 Å². The molecule has 0 amide bonds. The third kappa shape index (κ3) is 85.6. The number of nitrogens with zero attached hydrogens (tertiary/aromatic N) is 1. The van der Waals surface area contributed by atoms with Crippen LogP contribution in [0.3, 0.4) is 0 Å². The van der Waals surface area contributed by atoms with Gasteiger partial charge in [-0.15, -0.1) is 0 Å². The van der Waals surface area contributed by atoms with Crippen LogP contribution in [0, 0.1) is 0 Å². The molecule has 0 aromatic heterocycles. The van der Waals surface area contributed by atoms with Crippen LogP contribution in [0.2, 0.25) is 0 Å². The van der Waals surface area contributed by atoms with Crippen molar-refractivity contribution >= 4 is 19.8 Å². The van der Waals surface area contributed by atoms with Crippen LogP contribution >= 0.6 is 7.82 Å². The lowest BCUT2D eigenvalue weighted by Gasteiger charge is -2.28. The van der Waals surface area contributed by atoms with Crippen LogP contribution in [0.25, 0.3) is 0 Å². The molecule has 0 aliphatic rings. The molecule has 0 fully saturated rings. The van der Waals surface area contributed by atoms with Crippen molar-refractivity contribution in [3.8, 4) is 0 Å². The molecule has 0 aliphatic heterocycles. The van der Waals surface area contributed by atoms with Crippen LogP contribution in [0.4, 0.5) is 0 Å². The summed E-state index contributed by atoms with van der Waals surface area (Å²) in [5, 5.41) is 0. The number of phosphoric acid groups is 1. The topological polar surface area (TPSA) is 111 Å². The van der Waals surface area contributed by atoms with Gasteiger partial charge in [-0.25, -0.2) is 0 Å². The van der Waals surface area contributed by atoms with Crippen molar-refractivity contribution in [1.82, 2.24) is 0 Å². The van der Waals surface area contributed by atoms with Crippen molar-refractivity contribution in [3.63, 3.8) is 0 Å². The lowest BCUT2D eigenvalue weighted by molar-refractivity contribution is -0.870. The first kappa shape index (κ1) is 98.7. The van der Waals surface area contributed by atoms with E-state index in [0.29, 0.717) is 17.4 Å². The van der Waals surface area contributed by atoms with E-state index in [4.69, 9.17) is 18.5 Å². The quantitative estimate of drug-likeness (QED) is 0.0195. The monoisotopic (exact) mass is 1440 g/mol. The predicted molar refractivity (Wildman–Crippen MR) is 443 cm³/mol. The fraction of sp³-hybridized carbons (Fsp3) is 0.783. The first-order valence-electron chi connectivity index (χ1n) is 43.6. The highest BCUT2D eigenvalue weighted by Gasteiger charge is 2.22. The highest BCUT2D eigenvalue weighted by atomic mass is 31.2. The van der Waals surface area contributed by atoms with E-state index < -0.39 is 26.5 Å². The Kier molecular flexibility index (Phi) is 79.1. The fourth-order valence-corrected chi connectivity index (χ4v) is 13.5. The van der Waals surface area contributed by atoms with Gasteiger partial charge in [-0.1, -0.05) is 412 Å². The SMILES string of the molecule is CC/C=C\C/C=C\C/C=C\C/C=C\C/C=C\CCCCCCCCCCCCCCCCCCCCCCCCCC(=O)OC(COC(=O)CCCCCCCCCCCCCCCCCCCCCCCCCCCC/C=C\C/C=C\C/C=C\C/C=C\CC)COP(=O)([O-])OCC[N+](C)(C)C. The second-order valence-electron chi connectivity index (χ2n) is 30.5. The molecule has 0 aromatic rings. The van der Waals surface area contributed by atoms with Crippen LogP contribution in [-0.4, -0.2) is 70.0 Å². The van der Waals surface area contributed by atoms with E-state index in [2.05, 4.69) is 123 Å². The maximum atomic E-state index is 12.9. The van der Waals surface area contributed by atoms with E-state index >= 15 is 0 Å². The summed E-state index contributed by atoms with van der Waals surface area (Å²) in [7, 11) is 1.18. The number of phosphoric ester groups is 1. The molecule has 10 heteroatoms. The predicted octanol–water partition coefficient (Wildman–Crippen LogP) is 28.9. The van der Waals surface area contributed by atoms with Gasteiger partial charge in [0.1, 0.15) is 19.8 Å². The second-order valence-corrected chi connectivity index (χ2v) is 31.9. The van der Waals surface area contributed by atoms with Crippen LogP contribution in [0.5, 0.6) is 0 Å². The molecule has 9 nitrogen and oxygen atoms in total. The van der Waals surface area contributed by atoms with Crippen LogP contribution in [0.15, 0.2) is 109 Å². The molecule has 102 heavy (non-hydrogen) atoms. The number of hydrogen-bond acceptors (Lipinski definition) is 8. The number of allylic oxidation sites excluding steroid dienone is 18. The highest BCUT2D eigenvalue weighted by Crippen LogP contribution is 2.38. The number of carbonyl (C=O) groups excluding carboxylic acids is 2. The molecule has 0 saturated carbocycles. The Morgan fingerprint density at radius 2 is 0.529 bits per heavy atom. The first-order chi connectivity index (χ1) is 50.0. The summed E-state index contributed by atoms with van der Waals surface area (Å²) >= 11 is 0. The van der Waals surface area contributed by atoms with Gasteiger partial charge in [-0.3, -0.25) is 14.2 Å². The Balaban J connectivity index is 3.87. The van der Waals surface area contributed by atoms with Gasteiger partial charge < -0.3 is 27.9 Å². The molecule has 0 heterocycles. The number of likely N-dealkylation sites (N-methyl/N-ethyl adjacent to an activating group) is 1. The minimum Gasteiger partial charge on any atom is -0.756 e. The Morgan fingerprint density at radius 1 is 0.304 bits per heavy atom. The standard InChI is InChI=1S/C92H166NO8P/c1-6-8-10-12-14-16-18-20-22-24-26-28-30-32-34-36-38-40-42-44-46-48-50-52-54-56-58-60-62-64-66-68-70-72-74-76-78-80-82-84-91(94)98-88-90(89-100-102(96,97)99-87-86-93(3,4)5)101-92(95)85-83-81-79-77-75-73-71-69-67-65-63-61-59-57-55-53-51-49-47-45-43-41-39-37-35-33-31-29-27-25-23-21-19-17-15-13-11-9-7-2/h8-11,14-17,20-23,26-29,33,35,90H,6-7,12-13,18-19,24-25,30-32,34,36-89H2,1-5H3/b10-8-,11-9-,16-14-,17-15-,22-20-,23-21-,28-26-,29-27-,35-33-. The van der Waals surface area contributed by atoms with E-state index in [1.807, 2.05) is 21.1 Å². The summed E-state index contributed by atoms with van der Waals surface area (Å²) in [6.45, 7) is 4.08. The molecule has 0 N–H and O–H groups in total. The molecule has 2 unspecified atom stereocenters. The third-order valence-electron chi connectivity index (χ3n) is 19.3. The van der Waals surface area contributed by atoms with Crippen molar-refractivity contribution in [2.75, 3.05) is 47.5 Å². The summed E-state index contributed by atoms with van der Waals surface area (Å²) in [5.74, 6) is -0.811. The molecular weight excluding hydrogens is 1280 g/mol. The van der Waals surface area contributed by atoms with Gasteiger partial charge in [0.05, 0.1) is 27.7 Å². The van der Waals surface area contributed by atoms with Crippen LogP contribution in [0.1, 0.15) is 412 Å². The molecule has 0 saturated heterocycles. The number of quaternary nitrogens is 1. The average molecular weight is 1450 g/mol. The average Bonchev–Trinajstić information content (AvgIpc) is 0.914. The van der Waals surface area contributed by atoms with Crippen LogP contribution in [-0.2, 0) is 32.7 Å². The van der Waals surface area contributed by atoms with Crippen LogP contribution < -0.4 is 4.89 Å². The molecule has 0 aromatic carbocycles. The zero-order valence-electron chi connectivity index (χ0n) is 67.8. The minimum absolute atomic E-state index is 0.0299. The van der Waals surface area contributed by atoms with Crippen molar-refractivity contribution in [1.29, 1.82) is 0 Å². The largest absolute Gasteiger partial charge is 0.756 e. The Bertz CT molecular complexity index is 2100. The first-order valence-corrected chi connectivity index (χ1v) is 45.1. The minimum atomic E-state index is -4.65.